The zero-order chi connectivity index (χ0) is 15.9. The van der Waals surface area contributed by atoms with Gasteiger partial charge in [0.15, 0.2) is 0 Å². The van der Waals surface area contributed by atoms with Gasteiger partial charge in [-0.1, -0.05) is 40.0 Å². The van der Waals surface area contributed by atoms with Crippen molar-refractivity contribution in [2.75, 3.05) is 6.54 Å². The minimum atomic E-state index is -0.469. The molecule has 0 aliphatic heterocycles. The molecule has 0 fully saturated rings. The topological polar surface area (TPSA) is 55.2 Å². The summed E-state index contributed by atoms with van der Waals surface area (Å²) in [6, 6.07) is 3.57. The number of nitro benzene ring substituents is 1. The molecule has 0 heterocycles. The summed E-state index contributed by atoms with van der Waals surface area (Å²) in [4.78, 5) is 10.5. The Hall–Kier alpha value is -1.49. The molecule has 118 valence electrons. The van der Waals surface area contributed by atoms with Gasteiger partial charge in [-0.3, -0.25) is 10.1 Å². The van der Waals surface area contributed by atoms with Crippen molar-refractivity contribution in [2.24, 2.45) is 5.41 Å². The van der Waals surface area contributed by atoms with E-state index in [2.05, 4.69) is 26.1 Å². The summed E-state index contributed by atoms with van der Waals surface area (Å²) in [5, 5.41) is 14.1. The lowest BCUT2D eigenvalue weighted by molar-refractivity contribution is -0.385. The van der Waals surface area contributed by atoms with Gasteiger partial charge >= 0.3 is 0 Å². The van der Waals surface area contributed by atoms with Gasteiger partial charge in [0.25, 0.3) is 5.69 Å². The molecule has 0 atom stereocenters. The van der Waals surface area contributed by atoms with Crippen LogP contribution in [0.3, 0.4) is 0 Å². The Labute approximate surface area is 125 Å². The van der Waals surface area contributed by atoms with Crippen molar-refractivity contribution >= 4 is 5.69 Å². The smallest absolute Gasteiger partial charge is 0.274 e. The largest absolute Gasteiger partial charge is 0.312 e. The first kappa shape index (κ1) is 17.6. The van der Waals surface area contributed by atoms with Gasteiger partial charge < -0.3 is 5.32 Å². The molecule has 0 saturated heterocycles. The molecule has 0 unspecified atom stereocenters. The maximum Gasteiger partial charge on any atom is 0.274 e. The summed E-state index contributed by atoms with van der Waals surface area (Å²) in [5.74, 6) is -0.445. The van der Waals surface area contributed by atoms with E-state index in [0.29, 0.717) is 12.1 Å². The lowest BCUT2D eigenvalue weighted by Crippen LogP contribution is -2.29. The summed E-state index contributed by atoms with van der Waals surface area (Å²) < 4.78 is 13.2. The summed E-state index contributed by atoms with van der Waals surface area (Å²) in [6.07, 6.45) is 4.71. The Morgan fingerprint density at radius 3 is 2.67 bits per heavy atom. The van der Waals surface area contributed by atoms with Crippen molar-refractivity contribution in [3.8, 4) is 0 Å². The van der Waals surface area contributed by atoms with Crippen molar-refractivity contribution in [3.63, 3.8) is 0 Å². The maximum atomic E-state index is 13.2. The Morgan fingerprint density at radius 2 is 2.05 bits per heavy atom. The van der Waals surface area contributed by atoms with Crippen LogP contribution in [-0.2, 0) is 6.54 Å². The van der Waals surface area contributed by atoms with Crippen molar-refractivity contribution in [3.05, 3.63) is 39.7 Å². The first-order valence-electron chi connectivity index (χ1n) is 7.49. The Bertz CT molecular complexity index is 475. The van der Waals surface area contributed by atoms with E-state index in [1.54, 1.807) is 0 Å². The number of nitrogens with zero attached hydrogens (tertiary/aromatic N) is 1. The van der Waals surface area contributed by atoms with E-state index in [9.17, 15) is 14.5 Å². The monoisotopic (exact) mass is 296 g/mol. The van der Waals surface area contributed by atoms with Gasteiger partial charge in [0, 0.05) is 24.7 Å². The van der Waals surface area contributed by atoms with Crippen molar-refractivity contribution in [1.82, 2.24) is 5.32 Å². The first-order valence-corrected chi connectivity index (χ1v) is 7.49. The highest BCUT2D eigenvalue weighted by Gasteiger charge is 2.18. The average molecular weight is 296 g/mol. The summed E-state index contributed by atoms with van der Waals surface area (Å²) in [7, 11) is 0. The molecule has 0 spiro atoms. The van der Waals surface area contributed by atoms with E-state index in [-0.39, 0.29) is 11.1 Å². The lowest BCUT2D eigenvalue weighted by atomic mass is 9.87. The predicted molar refractivity (Wildman–Crippen MR) is 82.7 cm³/mol. The zero-order valence-electron chi connectivity index (χ0n) is 13.1. The van der Waals surface area contributed by atoms with E-state index < -0.39 is 10.7 Å². The Balaban J connectivity index is 2.55. The van der Waals surface area contributed by atoms with Crippen LogP contribution < -0.4 is 5.32 Å². The summed E-state index contributed by atoms with van der Waals surface area (Å²) in [5.41, 5.74) is 0.495. The van der Waals surface area contributed by atoms with Crippen LogP contribution >= 0.6 is 0 Å². The highest BCUT2D eigenvalue weighted by molar-refractivity contribution is 5.40. The number of unbranched alkanes of at least 4 members (excludes halogenated alkanes) is 2. The average Bonchev–Trinajstić information content (AvgIpc) is 2.38. The quantitative estimate of drug-likeness (QED) is 0.416. The van der Waals surface area contributed by atoms with Crippen LogP contribution in [0.15, 0.2) is 18.2 Å². The van der Waals surface area contributed by atoms with Gasteiger partial charge in [-0.25, -0.2) is 4.39 Å². The molecular weight excluding hydrogens is 271 g/mol. The van der Waals surface area contributed by atoms with Crippen molar-refractivity contribution < 1.29 is 9.31 Å². The van der Waals surface area contributed by atoms with Gasteiger partial charge in [-0.2, -0.15) is 0 Å². The second-order valence-electron chi connectivity index (χ2n) is 6.26. The first-order chi connectivity index (χ1) is 9.85. The Kier molecular flexibility index (Phi) is 6.75. The van der Waals surface area contributed by atoms with Gasteiger partial charge in [-0.05, 0) is 24.0 Å². The maximum absolute atomic E-state index is 13.2. The molecule has 1 N–H and O–H groups in total. The van der Waals surface area contributed by atoms with Crippen LogP contribution in [0.5, 0.6) is 0 Å². The molecule has 0 amide bonds. The van der Waals surface area contributed by atoms with Crippen LogP contribution in [0.4, 0.5) is 10.1 Å². The number of rotatable bonds is 9. The van der Waals surface area contributed by atoms with Crippen molar-refractivity contribution in [1.29, 1.82) is 0 Å². The van der Waals surface area contributed by atoms with E-state index in [4.69, 9.17) is 0 Å². The molecule has 0 aliphatic carbocycles. The molecule has 0 radical (unpaired) electrons. The Morgan fingerprint density at radius 1 is 1.33 bits per heavy atom. The molecule has 4 nitrogen and oxygen atoms in total. The minimum Gasteiger partial charge on any atom is -0.312 e. The van der Waals surface area contributed by atoms with Gasteiger partial charge in [0.1, 0.15) is 5.82 Å². The molecule has 21 heavy (non-hydrogen) atoms. The number of halogens is 1. The van der Waals surface area contributed by atoms with Crippen LogP contribution in [0, 0.1) is 21.3 Å². The number of benzene rings is 1. The number of hydrogen-bond acceptors (Lipinski definition) is 3. The SMILES string of the molecule is CCCCCC(C)(C)CNCc1cc(F)ccc1[N+](=O)[O-]. The second-order valence-corrected chi connectivity index (χ2v) is 6.26. The number of hydrogen-bond donors (Lipinski definition) is 1. The van der Waals surface area contributed by atoms with E-state index in [1.165, 1.54) is 31.4 Å². The predicted octanol–water partition coefficient (Wildman–Crippen LogP) is 4.43. The van der Waals surface area contributed by atoms with Crippen LogP contribution in [-0.4, -0.2) is 11.5 Å². The molecule has 5 heteroatoms. The molecule has 0 aliphatic rings. The molecule has 0 bridgehead atoms. The van der Waals surface area contributed by atoms with Crippen molar-refractivity contribution in [2.45, 2.75) is 53.0 Å². The highest BCUT2D eigenvalue weighted by Crippen LogP contribution is 2.24. The van der Waals surface area contributed by atoms with Crippen LogP contribution in [0.2, 0.25) is 0 Å². The third-order valence-corrected chi connectivity index (χ3v) is 3.61. The van der Waals surface area contributed by atoms with Gasteiger partial charge in [0.2, 0.25) is 0 Å². The van der Waals surface area contributed by atoms with Gasteiger partial charge in [0.05, 0.1) is 4.92 Å². The third-order valence-electron chi connectivity index (χ3n) is 3.61. The third kappa shape index (κ3) is 6.21. The number of nitrogens with one attached hydrogen (secondary N) is 1. The minimum absolute atomic E-state index is 0.0345. The summed E-state index contributed by atoms with van der Waals surface area (Å²) in [6.45, 7) is 7.59. The molecule has 0 saturated carbocycles. The summed E-state index contributed by atoms with van der Waals surface area (Å²) >= 11 is 0. The molecule has 0 aromatic heterocycles. The molecule has 1 aromatic carbocycles. The lowest BCUT2D eigenvalue weighted by Gasteiger charge is -2.25. The molecular formula is C16H25FN2O2. The normalized spacial score (nSPS) is 11.6. The standard InChI is InChI=1S/C16H25FN2O2/c1-4-5-6-9-16(2,3)12-18-11-13-10-14(17)7-8-15(13)19(20)21/h7-8,10,18H,4-6,9,11-12H2,1-3H3. The molecule has 1 rings (SSSR count). The highest BCUT2D eigenvalue weighted by atomic mass is 19.1. The second kappa shape index (κ2) is 8.08. The fourth-order valence-corrected chi connectivity index (χ4v) is 2.35. The van der Waals surface area contributed by atoms with Gasteiger partial charge in [-0.15, -0.1) is 0 Å². The van der Waals surface area contributed by atoms with E-state index in [0.717, 1.165) is 19.0 Å². The van der Waals surface area contributed by atoms with Crippen LogP contribution in [0.25, 0.3) is 0 Å². The van der Waals surface area contributed by atoms with Crippen LogP contribution in [0.1, 0.15) is 52.0 Å². The zero-order valence-corrected chi connectivity index (χ0v) is 13.1. The fraction of sp³-hybridized carbons (Fsp3) is 0.625. The van der Waals surface area contributed by atoms with E-state index >= 15 is 0 Å². The number of nitro groups is 1. The fourth-order valence-electron chi connectivity index (χ4n) is 2.35. The molecule has 1 aromatic rings. The van der Waals surface area contributed by atoms with E-state index in [1.807, 2.05) is 0 Å².